The average Bonchev–Trinajstić information content (AvgIpc) is 2.63. The Bertz CT molecular complexity index is 528. The van der Waals surface area contributed by atoms with Gasteiger partial charge in [0.05, 0.1) is 0 Å². The Labute approximate surface area is 86.2 Å². The number of phenols is 1. The molecule has 1 aromatic heterocycles. The SMILES string of the molecule is CCc1ccc2[nH]c(C(=O)O)cc2c1O. The van der Waals surface area contributed by atoms with E-state index < -0.39 is 5.97 Å². The van der Waals surface area contributed by atoms with Crippen molar-refractivity contribution < 1.29 is 15.0 Å². The molecule has 0 atom stereocenters. The summed E-state index contributed by atoms with van der Waals surface area (Å²) in [6.07, 6.45) is 0.718. The molecule has 1 heterocycles. The summed E-state index contributed by atoms with van der Waals surface area (Å²) in [6, 6.07) is 5.02. The van der Waals surface area contributed by atoms with Gasteiger partial charge in [-0.05, 0) is 24.1 Å². The highest BCUT2D eigenvalue weighted by atomic mass is 16.4. The summed E-state index contributed by atoms with van der Waals surface area (Å²) in [7, 11) is 0. The van der Waals surface area contributed by atoms with Crippen LogP contribution in [0.5, 0.6) is 5.75 Å². The van der Waals surface area contributed by atoms with Crippen LogP contribution in [-0.2, 0) is 6.42 Å². The molecule has 3 N–H and O–H groups in total. The molecule has 0 fully saturated rings. The highest BCUT2D eigenvalue weighted by Gasteiger charge is 2.11. The van der Waals surface area contributed by atoms with Gasteiger partial charge in [0.2, 0.25) is 0 Å². The maximum atomic E-state index is 10.7. The summed E-state index contributed by atoms with van der Waals surface area (Å²) in [4.78, 5) is 13.5. The smallest absolute Gasteiger partial charge is 0.352 e. The minimum Gasteiger partial charge on any atom is -0.507 e. The largest absolute Gasteiger partial charge is 0.507 e. The number of carboxylic acid groups (broad SMARTS) is 1. The van der Waals surface area contributed by atoms with E-state index in [0.29, 0.717) is 10.9 Å². The van der Waals surface area contributed by atoms with Crippen molar-refractivity contribution in [1.29, 1.82) is 0 Å². The van der Waals surface area contributed by atoms with Gasteiger partial charge in [-0.2, -0.15) is 0 Å². The van der Waals surface area contributed by atoms with Gasteiger partial charge in [-0.3, -0.25) is 0 Å². The van der Waals surface area contributed by atoms with Crippen LogP contribution >= 0.6 is 0 Å². The van der Waals surface area contributed by atoms with E-state index in [1.165, 1.54) is 6.07 Å². The highest BCUT2D eigenvalue weighted by Crippen LogP contribution is 2.29. The van der Waals surface area contributed by atoms with Gasteiger partial charge in [0.15, 0.2) is 0 Å². The first-order valence-corrected chi connectivity index (χ1v) is 4.70. The minimum atomic E-state index is -1.02. The predicted molar refractivity (Wildman–Crippen MR) is 56.3 cm³/mol. The number of rotatable bonds is 2. The number of hydrogen-bond donors (Lipinski definition) is 3. The number of aromatic amines is 1. The Kier molecular flexibility index (Phi) is 2.11. The van der Waals surface area contributed by atoms with Gasteiger partial charge in [0.25, 0.3) is 0 Å². The number of aromatic hydroxyl groups is 1. The molecule has 0 aliphatic heterocycles. The zero-order valence-corrected chi connectivity index (χ0v) is 8.24. The molecule has 2 aromatic rings. The molecule has 78 valence electrons. The number of aromatic nitrogens is 1. The van der Waals surface area contributed by atoms with E-state index in [1.54, 1.807) is 12.1 Å². The van der Waals surface area contributed by atoms with Crippen LogP contribution in [-0.4, -0.2) is 21.2 Å². The lowest BCUT2D eigenvalue weighted by Crippen LogP contribution is -1.94. The molecule has 0 unspecified atom stereocenters. The molecule has 0 bridgehead atoms. The van der Waals surface area contributed by atoms with Gasteiger partial charge in [-0.1, -0.05) is 13.0 Å². The maximum absolute atomic E-state index is 10.7. The zero-order chi connectivity index (χ0) is 11.0. The molecule has 2 rings (SSSR count). The molecule has 0 aliphatic rings. The molecule has 1 aromatic carbocycles. The van der Waals surface area contributed by atoms with E-state index in [1.807, 2.05) is 6.92 Å². The third-order valence-corrected chi connectivity index (χ3v) is 2.47. The van der Waals surface area contributed by atoms with Gasteiger partial charge in [-0.25, -0.2) is 4.79 Å². The zero-order valence-electron chi connectivity index (χ0n) is 8.24. The fraction of sp³-hybridized carbons (Fsp3) is 0.182. The van der Waals surface area contributed by atoms with Gasteiger partial charge < -0.3 is 15.2 Å². The number of nitrogens with one attached hydrogen (secondary N) is 1. The van der Waals surface area contributed by atoms with E-state index in [9.17, 15) is 9.90 Å². The number of aryl methyl sites for hydroxylation is 1. The Morgan fingerprint density at radius 1 is 1.47 bits per heavy atom. The summed E-state index contributed by atoms with van der Waals surface area (Å²) in [5, 5.41) is 19.2. The second-order valence-corrected chi connectivity index (χ2v) is 3.38. The van der Waals surface area contributed by atoms with Crippen molar-refractivity contribution in [3.05, 3.63) is 29.5 Å². The highest BCUT2D eigenvalue weighted by molar-refractivity contribution is 5.96. The first kappa shape index (κ1) is 9.58. The van der Waals surface area contributed by atoms with Crippen molar-refractivity contribution in [2.45, 2.75) is 13.3 Å². The first-order valence-electron chi connectivity index (χ1n) is 4.70. The fourth-order valence-corrected chi connectivity index (χ4v) is 1.63. The molecule has 0 radical (unpaired) electrons. The van der Waals surface area contributed by atoms with Crippen molar-refractivity contribution >= 4 is 16.9 Å². The monoisotopic (exact) mass is 205 g/mol. The Hall–Kier alpha value is -1.97. The van der Waals surface area contributed by atoms with Crippen LogP contribution in [0.3, 0.4) is 0 Å². The number of aromatic carboxylic acids is 1. The number of carbonyl (C=O) groups is 1. The van der Waals surface area contributed by atoms with Crippen LogP contribution < -0.4 is 0 Å². The summed E-state index contributed by atoms with van der Waals surface area (Å²) in [5.41, 5.74) is 1.55. The van der Waals surface area contributed by atoms with Crippen molar-refractivity contribution in [2.75, 3.05) is 0 Å². The lowest BCUT2D eigenvalue weighted by Gasteiger charge is -2.01. The van der Waals surface area contributed by atoms with Crippen molar-refractivity contribution in [1.82, 2.24) is 4.98 Å². The molecule has 4 nitrogen and oxygen atoms in total. The summed E-state index contributed by atoms with van der Waals surface area (Å²) in [6.45, 7) is 1.94. The summed E-state index contributed by atoms with van der Waals surface area (Å²) < 4.78 is 0. The number of carboxylic acids is 1. The van der Waals surface area contributed by atoms with Gasteiger partial charge in [-0.15, -0.1) is 0 Å². The second-order valence-electron chi connectivity index (χ2n) is 3.38. The van der Waals surface area contributed by atoms with Crippen molar-refractivity contribution in [3.63, 3.8) is 0 Å². The Morgan fingerprint density at radius 3 is 2.80 bits per heavy atom. The second kappa shape index (κ2) is 3.31. The van der Waals surface area contributed by atoms with E-state index in [2.05, 4.69) is 4.98 Å². The minimum absolute atomic E-state index is 0.0913. The van der Waals surface area contributed by atoms with Gasteiger partial charge in [0.1, 0.15) is 11.4 Å². The molecule has 4 heteroatoms. The molecular weight excluding hydrogens is 194 g/mol. The molecule has 0 spiro atoms. The third-order valence-electron chi connectivity index (χ3n) is 2.47. The van der Waals surface area contributed by atoms with Crippen molar-refractivity contribution in [3.8, 4) is 5.75 Å². The van der Waals surface area contributed by atoms with Gasteiger partial charge in [0, 0.05) is 10.9 Å². The Balaban J connectivity index is 2.71. The van der Waals surface area contributed by atoms with Crippen LogP contribution in [0.25, 0.3) is 10.9 Å². The molecule has 0 amide bonds. The lowest BCUT2D eigenvalue weighted by atomic mass is 10.1. The summed E-state index contributed by atoms with van der Waals surface area (Å²) in [5.74, 6) is -0.859. The number of benzene rings is 1. The molecule has 0 aliphatic carbocycles. The van der Waals surface area contributed by atoms with E-state index >= 15 is 0 Å². The van der Waals surface area contributed by atoms with Crippen LogP contribution in [0.4, 0.5) is 0 Å². The quantitative estimate of drug-likeness (QED) is 0.703. The Morgan fingerprint density at radius 2 is 2.20 bits per heavy atom. The van der Waals surface area contributed by atoms with E-state index in [-0.39, 0.29) is 11.4 Å². The van der Waals surface area contributed by atoms with E-state index in [0.717, 1.165) is 12.0 Å². The predicted octanol–water partition coefficient (Wildman–Crippen LogP) is 2.13. The molecule has 0 saturated carbocycles. The van der Waals surface area contributed by atoms with Crippen LogP contribution in [0.1, 0.15) is 23.0 Å². The summed E-state index contributed by atoms with van der Waals surface area (Å²) >= 11 is 0. The van der Waals surface area contributed by atoms with Crippen LogP contribution in [0, 0.1) is 0 Å². The normalized spacial score (nSPS) is 10.7. The maximum Gasteiger partial charge on any atom is 0.352 e. The van der Waals surface area contributed by atoms with Crippen molar-refractivity contribution in [2.24, 2.45) is 0 Å². The molecule has 0 saturated heterocycles. The number of hydrogen-bond acceptors (Lipinski definition) is 2. The standard InChI is InChI=1S/C11H11NO3/c1-2-6-3-4-8-7(10(6)13)5-9(12-8)11(14)15/h3-5,12-13H,2H2,1H3,(H,14,15). The number of phenolic OH excluding ortho intramolecular Hbond substituents is 1. The number of H-pyrrole nitrogens is 1. The van der Waals surface area contributed by atoms with Crippen LogP contribution in [0.15, 0.2) is 18.2 Å². The van der Waals surface area contributed by atoms with E-state index in [4.69, 9.17) is 5.11 Å². The fourth-order valence-electron chi connectivity index (χ4n) is 1.63. The lowest BCUT2D eigenvalue weighted by molar-refractivity contribution is 0.0691. The number of fused-ring (bicyclic) bond motifs is 1. The molecule has 15 heavy (non-hydrogen) atoms. The first-order chi connectivity index (χ1) is 7.13. The topological polar surface area (TPSA) is 73.3 Å². The average molecular weight is 205 g/mol. The van der Waals surface area contributed by atoms with Crippen LogP contribution in [0.2, 0.25) is 0 Å². The van der Waals surface area contributed by atoms with Gasteiger partial charge >= 0.3 is 5.97 Å². The third kappa shape index (κ3) is 1.44. The molecular formula is C11H11NO3.